The van der Waals surface area contributed by atoms with Gasteiger partial charge in [0.05, 0.1) is 6.61 Å². The molecule has 0 heterocycles. The number of benzene rings is 1. The Morgan fingerprint density at radius 2 is 2.25 bits per heavy atom. The molecule has 0 radical (unpaired) electrons. The lowest BCUT2D eigenvalue weighted by Crippen LogP contribution is -2.00. The molecule has 2 rings (SSSR count). The number of nitrogens with zero attached hydrogens (tertiary/aromatic N) is 1. The van der Waals surface area contributed by atoms with E-state index >= 15 is 0 Å². The molecule has 1 aromatic carbocycles. The van der Waals surface area contributed by atoms with E-state index in [1.165, 1.54) is 12.8 Å². The normalized spacial score (nSPS) is 14.5. The highest BCUT2D eigenvalue weighted by atomic mass is 16.5. The van der Waals surface area contributed by atoms with Crippen molar-refractivity contribution < 1.29 is 9.53 Å². The van der Waals surface area contributed by atoms with Gasteiger partial charge >= 0.3 is 0 Å². The van der Waals surface area contributed by atoms with Crippen molar-refractivity contribution >= 4 is 12.0 Å². The van der Waals surface area contributed by atoms with Gasteiger partial charge in [-0.05, 0) is 41.6 Å². The summed E-state index contributed by atoms with van der Waals surface area (Å²) < 4.78 is 5.53. The topological polar surface area (TPSA) is 55.7 Å². The Balaban J connectivity index is 2.12. The molecule has 0 bridgehead atoms. The molecule has 0 spiro atoms. The number of ether oxygens (including phenoxy) is 1. The van der Waals surface area contributed by atoms with Crippen molar-refractivity contribution in [3.63, 3.8) is 0 Å². The summed E-state index contributed by atoms with van der Waals surface area (Å²) in [5.41, 5.74) is 1.14. The molecule has 1 aliphatic rings. The average molecular weight is 219 g/mol. The highest BCUT2D eigenvalue weighted by Gasteiger charge is 2.22. The van der Waals surface area contributed by atoms with Crippen LogP contribution < -0.4 is 4.74 Å². The van der Waals surface area contributed by atoms with Crippen molar-refractivity contribution in [3.8, 4) is 5.75 Å². The van der Waals surface area contributed by atoms with Crippen molar-refractivity contribution in [1.82, 2.24) is 0 Å². The molecule has 1 aromatic rings. The summed E-state index contributed by atoms with van der Waals surface area (Å²) in [6.07, 6.45) is 3.54. The molecule has 4 heteroatoms. The first-order chi connectivity index (χ1) is 7.83. The van der Waals surface area contributed by atoms with Gasteiger partial charge in [-0.15, -0.1) is 4.91 Å². The predicted molar refractivity (Wildman–Crippen MR) is 59.9 cm³/mol. The van der Waals surface area contributed by atoms with E-state index in [4.69, 9.17) is 4.74 Å². The largest absolute Gasteiger partial charge is 0.491 e. The molecular weight excluding hydrogens is 206 g/mol. The second-order valence-electron chi connectivity index (χ2n) is 4.02. The summed E-state index contributed by atoms with van der Waals surface area (Å²) in [5.74, 6) is 1.11. The lowest BCUT2D eigenvalue weighted by molar-refractivity contribution is -0.107. The van der Waals surface area contributed by atoms with E-state index in [0.29, 0.717) is 30.4 Å². The van der Waals surface area contributed by atoms with Crippen LogP contribution in [0.5, 0.6) is 5.75 Å². The number of nitroso groups, excluding NO2 is 1. The van der Waals surface area contributed by atoms with E-state index in [2.05, 4.69) is 5.18 Å². The molecule has 1 saturated carbocycles. The average Bonchev–Trinajstić information content (AvgIpc) is 3.11. The van der Waals surface area contributed by atoms with Crippen LogP contribution in [-0.2, 0) is 11.2 Å². The SMILES string of the molecule is O=CCc1ccc(N=O)c(OCC2CC2)c1. The standard InChI is InChI=1S/C12H13NO3/c14-6-5-9-3-4-11(13-15)12(7-9)16-8-10-1-2-10/h3-4,6-7,10H,1-2,5,8H2. The first-order valence-electron chi connectivity index (χ1n) is 5.36. The van der Waals surface area contributed by atoms with Crippen LogP contribution in [-0.4, -0.2) is 12.9 Å². The van der Waals surface area contributed by atoms with Gasteiger partial charge < -0.3 is 9.53 Å². The van der Waals surface area contributed by atoms with E-state index in [9.17, 15) is 9.70 Å². The van der Waals surface area contributed by atoms with Crippen molar-refractivity contribution in [2.24, 2.45) is 11.1 Å². The van der Waals surface area contributed by atoms with Crippen molar-refractivity contribution in [2.45, 2.75) is 19.3 Å². The van der Waals surface area contributed by atoms with E-state index < -0.39 is 0 Å². The van der Waals surface area contributed by atoms with Gasteiger partial charge in [-0.3, -0.25) is 0 Å². The van der Waals surface area contributed by atoms with Crippen LogP contribution in [0.25, 0.3) is 0 Å². The minimum Gasteiger partial charge on any atom is -0.491 e. The molecule has 4 nitrogen and oxygen atoms in total. The van der Waals surface area contributed by atoms with Crippen LogP contribution in [0.1, 0.15) is 18.4 Å². The van der Waals surface area contributed by atoms with Crippen LogP contribution in [0.2, 0.25) is 0 Å². The Hall–Kier alpha value is -1.71. The van der Waals surface area contributed by atoms with Gasteiger partial charge in [0, 0.05) is 6.42 Å². The minimum absolute atomic E-state index is 0.301. The fraction of sp³-hybridized carbons (Fsp3) is 0.417. The van der Waals surface area contributed by atoms with Gasteiger partial charge in [-0.2, -0.15) is 0 Å². The molecule has 84 valence electrons. The zero-order chi connectivity index (χ0) is 11.4. The first kappa shape index (κ1) is 10.8. The highest BCUT2D eigenvalue weighted by Crippen LogP contribution is 2.33. The molecule has 0 saturated heterocycles. The maximum atomic E-state index is 10.6. The maximum Gasteiger partial charge on any atom is 0.149 e. The smallest absolute Gasteiger partial charge is 0.149 e. The fourth-order valence-corrected chi connectivity index (χ4v) is 1.46. The Labute approximate surface area is 93.6 Å². The molecular formula is C12H13NO3. The summed E-state index contributed by atoms with van der Waals surface area (Å²) in [7, 11) is 0. The zero-order valence-corrected chi connectivity index (χ0v) is 8.89. The van der Waals surface area contributed by atoms with E-state index in [-0.39, 0.29) is 0 Å². The lowest BCUT2D eigenvalue weighted by Gasteiger charge is -2.07. The molecule has 0 amide bonds. The van der Waals surface area contributed by atoms with E-state index in [0.717, 1.165) is 11.8 Å². The van der Waals surface area contributed by atoms with Gasteiger partial charge in [0.2, 0.25) is 0 Å². The summed E-state index contributed by atoms with van der Waals surface area (Å²) in [6.45, 7) is 0.632. The van der Waals surface area contributed by atoms with Crippen LogP contribution in [0.4, 0.5) is 5.69 Å². The number of hydrogen-bond acceptors (Lipinski definition) is 4. The lowest BCUT2D eigenvalue weighted by atomic mass is 10.1. The first-order valence-corrected chi connectivity index (χ1v) is 5.36. The van der Waals surface area contributed by atoms with Crippen molar-refractivity contribution in [3.05, 3.63) is 28.7 Å². The van der Waals surface area contributed by atoms with Crippen molar-refractivity contribution in [2.75, 3.05) is 6.61 Å². The Morgan fingerprint density at radius 1 is 1.44 bits per heavy atom. The molecule has 16 heavy (non-hydrogen) atoms. The monoisotopic (exact) mass is 219 g/mol. The molecule has 1 aliphatic carbocycles. The van der Waals surface area contributed by atoms with Crippen LogP contribution >= 0.6 is 0 Å². The fourth-order valence-electron chi connectivity index (χ4n) is 1.46. The Morgan fingerprint density at radius 3 is 2.88 bits per heavy atom. The minimum atomic E-state index is 0.301. The molecule has 0 aliphatic heterocycles. The zero-order valence-electron chi connectivity index (χ0n) is 8.89. The van der Waals surface area contributed by atoms with Crippen LogP contribution in [0, 0.1) is 10.8 Å². The maximum absolute atomic E-state index is 10.6. The van der Waals surface area contributed by atoms with Gasteiger partial charge in [0.25, 0.3) is 0 Å². The van der Waals surface area contributed by atoms with Gasteiger partial charge in [-0.1, -0.05) is 6.07 Å². The second kappa shape index (κ2) is 4.88. The summed E-state index contributed by atoms with van der Waals surface area (Å²) in [6, 6.07) is 5.02. The predicted octanol–water partition coefficient (Wildman–Crippen LogP) is 2.61. The summed E-state index contributed by atoms with van der Waals surface area (Å²) in [4.78, 5) is 20.9. The molecule has 1 fully saturated rings. The number of rotatable bonds is 6. The number of carbonyl (C=O) groups is 1. The third-order valence-corrected chi connectivity index (χ3v) is 2.61. The van der Waals surface area contributed by atoms with Gasteiger partial charge in [-0.25, -0.2) is 0 Å². The molecule has 0 unspecified atom stereocenters. The quantitative estimate of drug-likeness (QED) is 0.545. The third kappa shape index (κ3) is 2.66. The second-order valence-corrected chi connectivity index (χ2v) is 4.02. The number of hydrogen-bond donors (Lipinski definition) is 0. The highest BCUT2D eigenvalue weighted by molar-refractivity contribution is 5.59. The third-order valence-electron chi connectivity index (χ3n) is 2.61. The van der Waals surface area contributed by atoms with Crippen molar-refractivity contribution in [1.29, 1.82) is 0 Å². The van der Waals surface area contributed by atoms with Gasteiger partial charge in [0.1, 0.15) is 17.7 Å². The summed E-state index contributed by atoms with van der Waals surface area (Å²) >= 11 is 0. The van der Waals surface area contributed by atoms with Crippen LogP contribution in [0.15, 0.2) is 23.4 Å². The molecule has 0 aromatic heterocycles. The Bertz CT molecular complexity index is 399. The van der Waals surface area contributed by atoms with Gasteiger partial charge in [0.15, 0.2) is 0 Å². The summed E-state index contributed by atoms with van der Waals surface area (Å²) in [5, 5.41) is 2.91. The number of aldehydes is 1. The van der Waals surface area contributed by atoms with E-state index in [1.807, 2.05) is 0 Å². The Kier molecular flexibility index (Phi) is 3.29. The van der Waals surface area contributed by atoms with E-state index in [1.54, 1.807) is 18.2 Å². The number of carbonyl (C=O) groups excluding carboxylic acids is 1. The van der Waals surface area contributed by atoms with Crippen LogP contribution in [0.3, 0.4) is 0 Å². The molecule has 0 N–H and O–H groups in total. The molecule has 0 atom stereocenters.